The molecule has 0 saturated heterocycles. The Morgan fingerprint density at radius 3 is 2.61 bits per heavy atom. The summed E-state index contributed by atoms with van der Waals surface area (Å²) in [7, 11) is 1.53. The molecule has 0 fully saturated rings. The van der Waals surface area contributed by atoms with E-state index in [-0.39, 0.29) is 24.1 Å². The van der Waals surface area contributed by atoms with Crippen molar-refractivity contribution in [3.05, 3.63) is 29.3 Å². The number of rotatable bonds is 4. The van der Waals surface area contributed by atoms with Crippen molar-refractivity contribution in [3.8, 4) is 5.75 Å². The van der Waals surface area contributed by atoms with Crippen LogP contribution in [0.1, 0.15) is 22.8 Å². The molecule has 0 saturated carbocycles. The molecule has 5 nitrogen and oxygen atoms in total. The van der Waals surface area contributed by atoms with E-state index in [1.807, 2.05) is 0 Å². The van der Waals surface area contributed by atoms with Crippen LogP contribution in [0.5, 0.6) is 5.75 Å². The molecule has 0 spiro atoms. The maximum atomic E-state index is 12.2. The van der Waals surface area contributed by atoms with Crippen molar-refractivity contribution >= 4 is 11.8 Å². The molecule has 98 valence electrons. The Morgan fingerprint density at radius 2 is 2.06 bits per heavy atom. The molecule has 0 atom stereocenters. The van der Waals surface area contributed by atoms with Crippen LogP contribution in [0.25, 0.3) is 0 Å². The summed E-state index contributed by atoms with van der Waals surface area (Å²) < 4.78 is 0. The number of benzene rings is 1. The van der Waals surface area contributed by atoms with Gasteiger partial charge in [0.05, 0.1) is 6.54 Å². The molecule has 2 N–H and O–H groups in total. The molecule has 5 heteroatoms. The largest absolute Gasteiger partial charge is 0.508 e. The van der Waals surface area contributed by atoms with Gasteiger partial charge in [-0.05, 0) is 26.0 Å². The number of phenolic OH excluding ortho intramolecular Hbond substituents is 1. The summed E-state index contributed by atoms with van der Waals surface area (Å²) in [5.74, 6) is -0.394. The van der Waals surface area contributed by atoms with Crippen LogP contribution in [-0.2, 0) is 4.79 Å². The normalized spacial score (nSPS) is 9.94. The van der Waals surface area contributed by atoms with Gasteiger partial charge in [0.15, 0.2) is 0 Å². The number of amides is 2. The summed E-state index contributed by atoms with van der Waals surface area (Å²) >= 11 is 0. The van der Waals surface area contributed by atoms with Gasteiger partial charge in [-0.1, -0.05) is 6.07 Å². The zero-order valence-electron chi connectivity index (χ0n) is 10.9. The number of aromatic hydroxyl groups is 1. The zero-order valence-corrected chi connectivity index (χ0v) is 10.9. The van der Waals surface area contributed by atoms with Gasteiger partial charge < -0.3 is 15.3 Å². The van der Waals surface area contributed by atoms with Crippen LogP contribution in [0.3, 0.4) is 0 Å². The monoisotopic (exact) mass is 250 g/mol. The molecule has 0 radical (unpaired) electrons. The molecule has 0 aliphatic carbocycles. The van der Waals surface area contributed by atoms with Gasteiger partial charge in [0, 0.05) is 24.7 Å². The summed E-state index contributed by atoms with van der Waals surface area (Å²) in [4.78, 5) is 25.0. The van der Waals surface area contributed by atoms with Crippen LogP contribution in [0.4, 0.5) is 0 Å². The molecule has 18 heavy (non-hydrogen) atoms. The van der Waals surface area contributed by atoms with Crippen LogP contribution in [-0.4, -0.2) is 42.0 Å². The van der Waals surface area contributed by atoms with Gasteiger partial charge in [-0.25, -0.2) is 0 Å². The Morgan fingerprint density at radius 1 is 1.39 bits per heavy atom. The van der Waals surface area contributed by atoms with Gasteiger partial charge in [-0.15, -0.1) is 0 Å². The van der Waals surface area contributed by atoms with E-state index in [1.54, 1.807) is 26.0 Å². The number of hydrogen-bond acceptors (Lipinski definition) is 3. The highest BCUT2D eigenvalue weighted by Crippen LogP contribution is 2.20. The van der Waals surface area contributed by atoms with E-state index < -0.39 is 0 Å². The lowest BCUT2D eigenvalue weighted by Gasteiger charge is -2.21. The second-order valence-corrected chi connectivity index (χ2v) is 3.94. The van der Waals surface area contributed by atoms with E-state index >= 15 is 0 Å². The van der Waals surface area contributed by atoms with E-state index in [0.29, 0.717) is 17.7 Å². The number of likely N-dealkylation sites (N-methyl/N-ethyl adjacent to an activating group) is 2. The van der Waals surface area contributed by atoms with Crippen molar-refractivity contribution in [3.63, 3.8) is 0 Å². The Hall–Kier alpha value is -2.04. The van der Waals surface area contributed by atoms with E-state index in [9.17, 15) is 14.7 Å². The van der Waals surface area contributed by atoms with E-state index in [4.69, 9.17) is 0 Å². The Kier molecular flexibility index (Phi) is 4.71. The molecule has 0 bridgehead atoms. The van der Waals surface area contributed by atoms with Gasteiger partial charge in [-0.3, -0.25) is 9.59 Å². The molecule has 2 amide bonds. The summed E-state index contributed by atoms with van der Waals surface area (Å²) in [6, 6.07) is 4.79. The molecule has 1 aromatic carbocycles. The zero-order chi connectivity index (χ0) is 13.7. The molecule has 1 aromatic rings. The lowest BCUT2D eigenvalue weighted by atomic mass is 10.1. The van der Waals surface area contributed by atoms with Crippen LogP contribution in [0.2, 0.25) is 0 Å². The van der Waals surface area contributed by atoms with Crippen molar-refractivity contribution < 1.29 is 14.7 Å². The average Bonchev–Trinajstić information content (AvgIpc) is 2.38. The Balaban J connectivity index is 2.97. The molecule has 0 unspecified atom stereocenters. The lowest BCUT2D eigenvalue weighted by Crippen LogP contribution is -2.39. The number of nitrogens with one attached hydrogen (secondary N) is 1. The average molecular weight is 250 g/mol. The van der Waals surface area contributed by atoms with Crippen LogP contribution in [0.15, 0.2) is 18.2 Å². The number of carbonyl (C=O) groups excluding carboxylic acids is 2. The fourth-order valence-electron chi connectivity index (χ4n) is 1.61. The molecule has 0 aliphatic rings. The highest BCUT2D eigenvalue weighted by atomic mass is 16.3. The van der Waals surface area contributed by atoms with Crippen molar-refractivity contribution in [1.82, 2.24) is 10.2 Å². The molecular weight excluding hydrogens is 232 g/mol. The molecular formula is C13H18N2O3. The van der Waals surface area contributed by atoms with Gasteiger partial charge in [0.25, 0.3) is 5.91 Å². The van der Waals surface area contributed by atoms with Crippen LogP contribution >= 0.6 is 0 Å². The Bertz CT molecular complexity index is 458. The topological polar surface area (TPSA) is 69.6 Å². The molecule has 0 aromatic heterocycles. The number of hydrogen-bond donors (Lipinski definition) is 2. The number of nitrogens with zero attached hydrogens (tertiary/aromatic N) is 1. The fraction of sp³-hybridized carbons (Fsp3) is 0.385. The summed E-state index contributed by atoms with van der Waals surface area (Å²) in [6.07, 6.45) is 0. The summed E-state index contributed by atoms with van der Waals surface area (Å²) in [6.45, 7) is 3.93. The first kappa shape index (κ1) is 14.0. The van der Waals surface area contributed by atoms with Crippen molar-refractivity contribution in [1.29, 1.82) is 0 Å². The van der Waals surface area contributed by atoms with Crippen molar-refractivity contribution in [2.45, 2.75) is 13.8 Å². The third kappa shape index (κ3) is 3.00. The second kappa shape index (κ2) is 6.05. The number of carbonyl (C=O) groups is 2. The quantitative estimate of drug-likeness (QED) is 0.834. The second-order valence-electron chi connectivity index (χ2n) is 3.94. The predicted octanol–water partition coefficient (Wildman–Crippen LogP) is 0.909. The Labute approximate surface area is 106 Å². The molecule has 0 heterocycles. The van der Waals surface area contributed by atoms with Crippen LogP contribution in [0, 0.1) is 6.92 Å². The highest BCUT2D eigenvalue weighted by molar-refractivity contribution is 5.98. The molecule has 1 rings (SSSR count). The number of phenols is 1. The van der Waals surface area contributed by atoms with Gasteiger partial charge in [0.1, 0.15) is 5.75 Å². The minimum Gasteiger partial charge on any atom is -0.508 e. The standard InChI is InChI=1S/C13H18N2O3/c1-4-15(8-12(17)14-3)13(18)10-6-5-7-11(16)9(10)2/h5-7,16H,4,8H2,1-3H3,(H,14,17). The summed E-state index contributed by atoms with van der Waals surface area (Å²) in [5, 5.41) is 12.1. The minimum absolute atomic E-state index is 0.0148. The third-order valence-electron chi connectivity index (χ3n) is 2.82. The lowest BCUT2D eigenvalue weighted by molar-refractivity contribution is -0.121. The smallest absolute Gasteiger partial charge is 0.254 e. The van der Waals surface area contributed by atoms with E-state index in [2.05, 4.69) is 5.32 Å². The highest BCUT2D eigenvalue weighted by Gasteiger charge is 2.19. The first-order chi connectivity index (χ1) is 8.51. The maximum absolute atomic E-state index is 12.2. The van der Waals surface area contributed by atoms with E-state index in [1.165, 1.54) is 18.0 Å². The SMILES string of the molecule is CCN(CC(=O)NC)C(=O)c1cccc(O)c1C. The van der Waals surface area contributed by atoms with Crippen molar-refractivity contribution in [2.24, 2.45) is 0 Å². The summed E-state index contributed by atoms with van der Waals surface area (Å²) in [5.41, 5.74) is 0.943. The fourth-order valence-corrected chi connectivity index (χ4v) is 1.61. The van der Waals surface area contributed by atoms with Crippen LogP contribution < -0.4 is 5.32 Å². The molecule has 0 aliphatic heterocycles. The first-order valence-corrected chi connectivity index (χ1v) is 5.79. The third-order valence-corrected chi connectivity index (χ3v) is 2.82. The van der Waals surface area contributed by atoms with Gasteiger partial charge >= 0.3 is 0 Å². The maximum Gasteiger partial charge on any atom is 0.254 e. The van der Waals surface area contributed by atoms with Gasteiger partial charge in [0.2, 0.25) is 5.91 Å². The predicted molar refractivity (Wildman–Crippen MR) is 68.5 cm³/mol. The van der Waals surface area contributed by atoms with Crippen molar-refractivity contribution in [2.75, 3.05) is 20.1 Å². The first-order valence-electron chi connectivity index (χ1n) is 5.79. The van der Waals surface area contributed by atoms with E-state index in [0.717, 1.165) is 0 Å². The van der Waals surface area contributed by atoms with Gasteiger partial charge in [-0.2, -0.15) is 0 Å². The minimum atomic E-state index is -0.255.